The first-order chi connectivity index (χ1) is 9.84. The zero-order valence-electron chi connectivity index (χ0n) is 10.8. The van der Waals surface area contributed by atoms with Crippen LogP contribution in [0.1, 0.15) is 17.3 Å². The first-order valence-corrected chi connectivity index (χ1v) is 6.86. The highest BCUT2D eigenvalue weighted by molar-refractivity contribution is 6.06. The van der Waals surface area contributed by atoms with E-state index in [-0.39, 0.29) is 12.1 Å². The average molecular weight is 260 g/mol. The summed E-state index contributed by atoms with van der Waals surface area (Å²) in [5.74, 6) is 0. The fourth-order valence-corrected chi connectivity index (χ4v) is 3.60. The molecule has 0 saturated carbocycles. The van der Waals surface area contributed by atoms with Crippen LogP contribution in [0.4, 0.5) is 10.5 Å². The van der Waals surface area contributed by atoms with Gasteiger partial charge in [-0.3, -0.25) is 9.47 Å². The van der Waals surface area contributed by atoms with Crippen molar-refractivity contribution in [1.29, 1.82) is 0 Å². The third-order valence-electron chi connectivity index (χ3n) is 4.45. The van der Waals surface area contributed by atoms with Crippen molar-refractivity contribution in [1.82, 2.24) is 4.57 Å². The summed E-state index contributed by atoms with van der Waals surface area (Å²) in [6.07, 6.45) is 0.915. The highest BCUT2D eigenvalue weighted by atomic mass is 16.2. The Hall–Kier alpha value is -2.55. The Labute approximate surface area is 116 Å². The van der Waals surface area contributed by atoms with Crippen LogP contribution in [0.25, 0.3) is 10.9 Å². The lowest BCUT2D eigenvalue weighted by molar-refractivity contribution is 0.251. The SMILES string of the molecule is O=C1N2c3ccccc3CC2c2cc3ccccc3n21. The first kappa shape index (κ1) is 10.3. The van der Waals surface area contributed by atoms with Crippen molar-refractivity contribution >= 4 is 22.6 Å². The van der Waals surface area contributed by atoms with Crippen LogP contribution in [0.5, 0.6) is 0 Å². The van der Waals surface area contributed by atoms with Crippen LogP contribution in [0.3, 0.4) is 0 Å². The monoisotopic (exact) mass is 260 g/mol. The fourth-order valence-electron chi connectivity index (χ4n) is 3.60. The normalized spacial score (nSPS) is 19.3. The molecular weight excluding hydrogens is 248 g/mol. The van der Waals surface area contributed by atoms with E-state index < -0.39 is 0 Å². The number of para-hydroxylation sites is 2. The van der Waals surface area contributed by atoms with Crippen molar-refractivity contribution in [3.8, 4) is 0 Å². The Balaban J connectivity index is 1.79. The summed E-state index contributed by atoms with van der Waals surface area (Å²) in [5.41, 5.74) is 4.46. The maximum Gasteiger partial charge on any atom is 0.334 e. The van der Waals surface area contributed by atoms with E-state index >= 15 is 0 Å². The summed E-state index contributed by atoms with van der Waals surface area (Å²) in [4.78, 5) is 14.7. The Bertz CT molecular complexity index is 878. The Morgan fingerprint density at radius 1 is 1.00 bits per heavy atom. The van der Waals surface area contributed by atoms with Crippen molar-refractivity contribution in [3.63, 3.8) is 0 Å². The molecule has 0 radical (unpaired) electrons. The minimum atomic E-state index is 0.0798. The van der Waals surface area contributed by atoms with Gasteiger partial charge in [0.05, 0.1) is 17.3 Å². The highest BCUT2D eigenvalue weighted by Gasteiger charge is 2.43. The zero-order valence-corrected chi connectivity index (χ0v) is 10.8. The molecule has 1 unspecified atom stereocenters. The van der Waals surface area contributed by atoms with Gasteiger partial charge in [-0.15, -0.1) is 0 Å². The van der Waals surface area contributed by atoms with Crippen LogP contribution < -0.4 is 4.90 Å². The fraction of sp³-hybridized carbons (Fsp3) is 0.118. The zero-order chi connectivity index (χ0) is 13.3. The number of aromatic nitrogens is 1. The third kappa shape index (κ3) is 1.05. The van der Waals surface area contributed by atoms with Gasteiger partial charge < -0.3 is 0 Å². The van der Waals surface area contributed by atoms with Crippen molar-refractivity contribution in [2.45, 2.75) is 12.5 Å². The second kappa shape index (κ2) is 3.31. The van der Waals surface area contributed by atoms with Crippen LogP contribution in [-0.4, -0.2) is 10.6 Å². The molecule has 3 heteroatoms. The number of carbonyl (C=O) groups is 1. The Morgan fingerprint density at radius 3 is 2.75 bits per heavy atom. The molecule has 3 heterocycles. The van der Waals surface area contributed by atoms with Crippen LogP contribution in [0.2, 0.25) is 0 Å². The summed E-state index contributed by atoms with van der Waals surface area (Å²) >= 11 is 0. The molecule has 1 amide bonds. The maximum absolute atomic E-state index is 12.8. The number of fused-ring (bicyclic) bond motifs is 7. The number of hydrogen-bond acceptors (Lipinski definition) is 1. The average Bonchev–Trinajstić information content (AvgIpc) is 3.10. The number of hydrogen-bond donors (Lipinski definition) is 0. The van der Waals surface area contributed by atoms with E-state index in [1.54, 1.807) is 0 Å². The van der Waals surface area contributed by atoms with Gasteiger partial charge in [0.2, 0.25) is 0 Å². The quantitative estimate of drug-likeness (QED) is 0.604. The number of carbonyl (C=O) groups excluding carboxylic acids is 1. The van der Waals surface area contributed by atoms with E-state index in [0.29, 0.717) is 0 Å². The number of rotatable bonds is 0. The van der Waals surface area contributed by atoms with E-state index in [2.05, 4.69) is 18.2 Å². The van der Waals surface area contributed by atoms with E-state index in [1.807, 2.05) is 45.9 Å². The molecule has 1 atom stereocenters. The molecule has 2 aliphatic rings. The van der Waals surface area contributed by atoms with Gasteiger partial charge in [-0.2, -0.15) is 0 Å². The van der Waals surface area contributed by atoms with Crippen LogP contribution in [0.15, 0.2) is 54.6 Å². The van der Waals surface area contributed by atoms with Crippen LogP contribution >= 0.6 is 0 Å². The molecule has 0 bridgehead atoms. The van der Waals surface area contributed by atoms with Gasteiger partial charge in [0.1, 0.15) is 0 Å². The number of anilines is 1. The van der Waals surface area contributed by atoms with Gasteiger partial charge in [0, 0.05) is 17.5 Å². The minimum absolute atomic E-state index is 0.0798. The van der Waals surface area contributed by atoms with E-state index in [0.717, 1.165) is 28.7 Å². The van der Waals surface area contributed by atoms with Crippen molar-refractivity contribution in [2.24, 2.45) is 0 Å². The second-order valence-corrected chi connectivity index (χ2v) is 5.46. The van der Waals surface area contributed by atoms with Crippen molar-refractivity contribution in [2.75, 3.05) is 4.90 Å². The standard InChI is InChI=1S/C17H12N2O/c20-17-18-13-7-3-1-5-11(13)9-15(18)16-10-12-6-2-4-8-14(12)19(16)17/h1-9,16H,10H2. The summed E-state index contributed by atoms with van der Waals surface area (Å²) in [6.45, 7) is 0. The predicted octanol–water partition coefficient (Wildman–Crippen LogP) is 3.73. The predicted molar refractivity (Wildman–Crippen MR) is 78.1 cm³/mol. The third-order valence-corrected chi connectivity index (χ3v) is 4.45. The van der Waals surface area contributed by atoms with E-state index in [1.165, 1.54) is 5.56 Å². The van der Waals surface area contributed by atoms with Crippen LogP contribution in [0, 0.1) is 0 Å². The Morgan fingerprint density at radius 2 is 1.80 bits per heavy atom. The van der Waals surface area contributed by atoms with Gasteiger partial charge in [-0.05, 0) is 23.8 Å². The molecule has 0 spiro atoms. The summed E-state index contributed by atoms with van der Waals surface area (Å²) in [7, 11) is 0. The molecule has 0 saturated heterocycles. The van der Waals surface area contributed by atoms with Crippen molar-refractivity contribution < 1.29 is 4.79 Å². The molecule has 1 aromatic heterocycles. The second-order valence-electron chi connectivity index (χ2n) is 5.46. The molecule has 0 N–H and O–H groups in total. The molecular formula is C17H12N2O. The molecule has 0 fully saturated rings. The molecule has 3 aromatic rings. The van der Waals surface area contributed by atoms with Gasteiger partial charge >= 0.3 is 6.03 Å². The lowest BCUT2D eigenvalue weighted by atomic mass is 10.1. The summed E-state index contributed by atoms with van der Waals surface area (Å²) < 4.78 is 1.87. The van der Waals surface area contributed by atoms with Gasteiger partial charge in [-0.25, -0.2) is 4.79 Å². The minimum Gasteiger partial charge on any atom is -0.284 e. The highest BCUT2D eigenvalue weighted by Crippen LogP contribution is 2.46. The number of nitrogens with zero attached hydrogens (tertiary/aromatic N) is 2. The number of amides is 1. The Kier molecular flexibility index (Phi) is 1.70. The number of benzene rings is 2. The smallest absolute Gasteiger partial charge is 0.284 e. The molecule has 2 aromatic carbocycles. The molecule has 0 aliphatic carbocycles. The van der Waals surface area contributed by atoms with Gasteiger partial charge in [0.15, 0.2) is 0 Å². The lowest BCUT2D eigenvalue weighted by Crippen LogP contribution is -2.26. The first-order valence-electron chi connectivity index (χ1n) is 6.86. The summed E-state index contributed by atoms with van der Waals surface area (Å²) in [5, 5.41) is 1.14. The lowest BCUT2D eigenvalue weighted by Gasteiger charge is -2.15. The van der Waals surface area contributed by atoms with Crippen molar-refractivity contribution in [3.05, 3.63) is 65.9 Å². The maximum atomic E-state index is 12.8. The van der Waals surface area contributed by atoms with E-state index in [4.69, 9.17) is 0 Å². The molecule has 20 heavy (non-hydrogen) atoms. The largest absolute Gasteiger partial charge is 0.334 e. The molecule has 3 nitrogen and oxygen atoms in total. The topological polar surface area (TPSA) is 25.2 Å². The molecule has 2 aliphatic heterocycles. The van der Waals surface area contributed by atoms with Crippen LogP contribution in [-0.2, 0) is 6.42 Å². The van der Waals surface area contributed by atoms with E-state index in [9.17, 15) is 4.79 Å². The molecule has 5 rings (SSSR count). The summed E-state index contributed by atoms with van der Waals surface area (Å²) in [6, 6.07) is 18.7. The van der Waals surface area contributed by atoms with Gasteiger partial charge in [-0.1, -0.05) is 36.4 Å². The van der Waals surface area contributed by atoms with Gasteiger partial charge in [0.25, 0.3) is 0 Å². The molecule has 96 valence electrons.